The molecule has 0 atom stereocenters. The first-order valence-corrected chi connectivity index (χ1v) is 5.14. The molecule has 0 bridgehead atoms. The third-order valence-electron chi connectivity index (χ3n) is 2.02. The van der Waals surface area contributed by atoms with Gasteiger partial charge >= 0.3 is 18.3 Å². The Hall–Kier alpha value is -2.33. The maximum atomic E-state index is 12.5. The molecule has 21 heavy (non-hydrogen) atoms. The van der Waals surface area contributed by atoms with E-state index in [0.717, 1.165) is 6.92 Å². The van der Waals surface area contributed by atoms with E-state index in [0.29, 0.717) is 6.20 Å². The fourth-order valence-electron chi connectivity index (χ4n) is 1.17. The Balaban J connectivity index is 3.23. The third-order valence-corrected chi connectivity index (χ3v) is 2.02. The van der Waals surface area contributed by atoms with Crippen LogP contribution in [0.2, 0.25) is 0 Å². The Morgan fingerprint density at radius 2 is 1.67 bits per heavy atom. The molecule has 1 rings (SSSR count). The highest BCUT2D eigenvalue weighted by Gasteiger charge is 2.40. The number of hydrogen-bond acceptors (Lipinski definition) is 3. The van der Waals surface area contributed by atoms with Crippen molar-refractivity contribution in [3.63, 3.8) is 0 Å². The Morgan fingerprint density at radius 1 is 1.10 bits per heavy atom. The van der Waals surface area contributed by atoms with Crippen LogP contribution in [0, 0.1) is 0 Å². The van der Waals surface area contributed by atoms with Gasteiger partial charge in [0.05, 0.1) is 11.3 Å². The largest absolute Gasteiger partial charge is 0.471 e. The van der Waals surface area contributed by atoms with Crippen LogP contribution in [-0.4, -0.2) is 23.0 Å². The number of nitrogens with one attached hydrogen (secondary N) is 2. The number of hydrogen-bond donors (Lipinski definition) is 2. The standard InChI is InChI=1S/C10H7F6N3O2/c1-4(20)18-7-6(19-8(21)10(14,15)16)2-5(3-17-7)9(11,12)13/h2-3H,1H3,(H,19,21)(H,17,18,20). The van der Waals surface area contributed by atoms with Crippen molar-refractivity contribution >= 4 is 23.3 Å². The van der Waals surface area contributed by atoms with Crippen molar-refractivity contribution < 1.29 is 35.9 Å². The van der Waals surface area contributed by atoms with Gasteiger partial charge < -0.3 is 10.6 Å². The highest BCUT2D eigenvalue weighted by Crippen LogP contribution is 2.33. The maximum Gasteiger partial charge on any atom is 0.471 e. The zero-order chi connectivity index (χ0) is 16.4. The topological polar surface area (TPSA) is 71.1 Å². The van der Waals surface area contributed by atoms with E-state index in [-0.39, 0.29) is 6.07 Å². The Labute approximate surface area is 113 Å². The summed E-state index contributed by atoms with van der Waals surface area (Å²) >= 11 is 0. The summed E-state index contributed by atoms with van der Waals surface area (Å²) in [5.41, 5.74) is -2.29. The second-order valence-corrected chi connectivity index (χ2v) is 3.75. The van der Waals surface area contributed by atoms with Crippen LogP contribution < -0.4 is 10.6 Å². The van der Waals surface area contributed by atoms with Crippen LogP contribution in [0.4, 0.5) is 37.8 Å². The molecule has 0 fully saturated rings. The van der Waals surface area contributed by atoms with Gasteiger partial charge in [-0.15, -0.1) is 0 Å². The van der Waals surface area contributed by atoms with E-state index in [1.54, 1.807) is 0 Å². The lowest BCUT2D eigenvalue weighted by atomic mass is 10.2. The number of amides is 2. The fraction of sp³-hybridized carbons (Fsp3) is 0.300. The van der Waals surface area contributed by atoms with E-state index in [1.807, 2.05) is 5.32 Å². The molecule has 11 heteroatoms. The Kier molecular flexibility index (Phi) is 4.44. The van der Waals surface area contributed by atoms with E-state index in [2.05, 4.69) is 4.98 Å². The minimum Gasteiger partial charge on any atom is -0.315 e. The van der Waals surface area contributed by atoms with E-state index in [1.165, 1.54) is 5.32 Å². The molecule has 1 aromatic heterocycles. The van der Waals surface area contributed by atoms with E-state index in [9.17, 15) is 35.9 Å². The molecule has 0 aliphatic heterocycles. The predicted octanol–water partition coefficient (Wildman–Crippen LogP) is 2.56. The average molecular weight is 315 g/mol. The average Bonchev–Trinajstić information content (AvgIpc) is 2.27. The van der Waals surface area contributed by atoms with Crippen LogP contribution in [0.1, 0.15) is 12.5 Å². The van der Waals surface area contributed by atoms with Gasteiger partial charge in [-0.05, 0) is 6.07 Å². The molecular formula is C10H7F6N3O2. The summed E-state index contributed by atoms with van der Waals surface area (Å²) in [6.45, 7) is 0.967. The number of aromatic nitrogens is 1. The van der Waals surface area contributed by atoms with Crippen molar-refractivity contribution in [2.75, 3.05) is 10.6 Å². The number of rotatable bonds is 2. The van der Waals surface area contributed by atoms with E-state index < -0.39 is 41.2 Å². The smallest absolute Gasteiger partial charge is 0.315 e. The van der Waals surface area contributed by atoms with Crippen LogP contribution in [0.5, 0.6) is 0 Å². The van der Waals surface area contributed by atoms with Crippen molar-refractivity contribution in [1.82, 2.24) is 4.98 Å². The molecule has 0 aliphatic carbocycles. The van der Waals surface area contributed by atoms with Gasteiger partial charge in [0, 0.05) is 13.1 Å². The van der Waals surface area contributed by atoms with Crippen LogP contribution in [-0.2, 0) is 15.8 Å². The van der Waals surface area contributed by atoms with Gasteiger partial charge in [-0.1, -0.05) is 0 Å². The van der Waals surface area contributed by atoms with Crippen LogP contribution in [0.3, 0.4) is 0 Å². The molecule has 2 amide bonds. The SMILES string of the molecule is CC(=O)Nc1ncc(C(F)(F)F)cc1NC(=O)C(F)(F)F. The summed E-state index contributed by atoms with van der Waals surface area (Å²) in [7, 11) is 0. The minimum atomic E-state index is -5.30. The highest BCUT2D eigenvalue weighted by atomic mass is 19.4. The molecular weight excluding hydrogens is 308 g/mol. The predicted molar refractivity (Wildman–Crippen MR) is 58.2 cm³/mol. The third kappa shape index (κ3) is 4.61. The molecule has 0 saturated carbocycles. The molecule has 5 nitrogen and oxygen atoms in total. The van der Waals surface area contributed by atoms with Gasteiger partial charge in [0.25, 0.3) is 0 Å². The number of pyridine rings is 1. The summed E-state index contributed by atoms with van der Waals surface area (Å²) in [6.07, 6.45) is -9.87. The normalized spacial score (nSPS) is 12.0. The van der Waals surface area contributed by atoms with Crippen LogP contribution in [0.25, 0.3) is 0 Å². The molecule has 116 valence electrons. The lowest BCUT2D eigenvalue weighted by molar-refractivity contribution is -0.167. The molecule has 0 radical (unpaired) electrons. The van der Waals surface area contributed by atoms with Crippen LogP contribution in [0.15, 0.2) is 12.3 Å². The van der Waals surface area contributed by atoms with E-state index in [4.69, 9.17) is 0 Å². The number of halogens is 6. The molecule has 0 aliphatic rings. The molecule has 0 aromatic carbocycles. The lowest BCUT2D eigenvalue weighted by Crippen LogP contribution is -2.30. The molecule has 0 spiro atoms. The van der Waals surface area contributed by atoms with Gasteiger partial charge in [-0.25, -0.2) is 4.98 Å². The van der Waals surface area contributed by atoms with Crippen molar-refractivity contribution in [2.45, 2.75) is 19.3 Å². The molecule has 2 N–H and O–H groups in total. The summed E-state index contributed by atoms with van der Waals surface area (Å²) < 4.78 is 73.8. The summed E-state index contributed by atoms with van der Waals surface area (Å²) in [6, 6.07) is 0.238. The van der Waals surface area contributed by atoms with Crippen LogP contribution >= 0.6 is 0 Å². The number of carbonyl (C=O) groups excluding carboxylic acids is 2. The number of nitrogens with zero attached hydrogens (tertiary/aromatic N) is 1. The van der Waals surface area contributed by atoms with Crippen molar-refractivity contribution in [2.24, 2.45) is 0 Å². The van der Waals surface area contributed by atoms with Crippen molar-refractivity contribution in [3.8, 4) is 0 Å². The maximum absolute atomic E-state index is 12.5. The fourth-order valence-corrected chi connectivity index (χ4v) is 1.17. The van der Waals surface area contributed by atoms with Crippen molar-refractivity contribution in [1.29, 1.82) is 0 Å². The van der Waals surface area contributed by atoms with Gasteiger partial charge in [-0.2, -0.15) is 26.3 Å². The highest BCUT2D eigenvalue weighted by molar-refractivity contribution is 6.00. The first-order chi connectivity index (χ1) is 9.41. The van der Waals surface area contributed by atoms with E-state index >= 15 is 0 Å². The summed E-state index contributed by atoms with van der Waals surface area (Å²) in [5.74, 6) is -3.91. The zero-order valence-electron chi connectivity index (χ0n) is 10.2. The second-order valence-electron chi connectivity index (χ2n) is 3.75. The quantitative estimate of drug-likeness (QED) is 0.824. The zero-order valence-corrected chi connectivity index (χ0v) is 10.2. The minimum absolute atomic E-state index is 0.238. The second kappa shape index (κ2) is 5.58. The molecule has 0 saturated heterocycles. The molecule has 0 unspecified atom stereocenters. The molecule has 1 aromatic rings. The Morgan fingerprint density at radius 3 is 2.10 bits per heavy atom. The first kappa shape index (κ1) is 16.7. The summed E-state index contributed by atoms with van der Waals surface area (Å²) in [4.78, 5) is 24.8. The Bertz CT molecular complexity index is 567. The summed E-state index contributed by atoms with van der Waals surface area (Å²) in [5, 5.41) is 3.14. The number of anilines is 2. The van der Waals surface area contributed by atoms with Gasteiger partial charge in [-0.3, -0.25) is 9.59 Å². The van der Waals surface area contributed by atoms with Gasteiger partial charge in [0.15, 0.2) is 5.82 Å². The van der Waals surface area contributed by atoms with Gasteiger partial charge in [0.1, 0.15) is 0 Å². The first-order valence-electron chi connectivity index (χ1n) is 5.14. The number of carbonyl (C=O) groups is 2. The van der Waals surface area contributed by atoms with Gasteiger partial charge in [0.2, 0.25) is 5.91 Å². The molecule has 1 heterocycles. The van der Waals surface area contributed by atoms with Crippen molar-refractivity contribution in [3.05, 3.63) is 17.8 Å². The lowest BCUT2D eigenvalue weighted by Gasteiger charge is -2.14. The number of alkyl halides is 6. The monoisotopic (exact) mass is 315 g/mol.